The Kier molecular flexibility index (Phi) is 10.1. The molecule has 0 amide bonds. The molecular weight excluding hydrogens is 428 g/mol. The van der Waals surface area contributed by atoms with Crippen LogP contribution >= 0.6 is 0 Å². The average molecular weight is 467 g/mol. The number of rotatable bonds is 11. The maximum absolute atomic E-state index is 13.2. The Hall–Kier alpha value is -2.05. The van der Waals surface area contributed by atoms with Crippen LogP contribution in [0.5, 0.6) is 0 Å². The molecular formula is C28H38O4Si. The van der Waals surface area contributed by atoms with E-state index in [0.717, 1.165) is 29.3 Å². The van der Waals surface area contributed by atoms with Crippen LogP contribution in [-0.2, 0) is 31.9 Å². The fourth-order valence-electron chi connectivity index (χ4n) is 4.36. The zero-order valence-electron chi connectivity index (χ0n) is 20.2. The van der Waals surface area contributed by atoms with E-state index in [1.54, 1.807) is 0 Å². The summed E-state index contributed by atoms with van der Waals surface area (Å²) in [6.07, 6.45) is 3.89. The highest BCUT2D eigenvalue weighted by Gasteiger charge is 2.41. The summed E-state index contributed by atoms with van der Waals surface area (Å²) >= 11 is 0. The molecule has 33 heavy (non-hydrogen) atoms. The van der Waals surface area contributed by atoms with Crippen molar-refractivity contribution in [3.05, 3.63) is 83.9 Å². The lowest BCUT2D eigenvalue weighted by molar-refractivity contribution is -0.154. The van der Waals surface area contributed by atoms with Crippen molar-refractivity contribution < 1.29 is 18.7 Å². The highest BCUT2D eigenvalue weighted by atomic mass is 28.4. The third-order valence-corrected chi connectivity index (χ3v) is 11.3. The van der Waals surface area contributed by atoms with Gasteiger partial charge in [-0.2, -0.15) is 0 Å². The van der Waals surface area contributed by atoms with E-state index in [-0.39, 0.29) is 11.9 Å². The topological polar surface area (TPSA) is 44.8 Å². The van der Waals surface area contributed by atoms with E-state index in [4.69, 9.17) is 13.9 Å². The van der Waals surface area contributed by atoms with Crippen LogP contribution in [0.1, 0.15) is 44.7 Å². The maximum atomic E-state index is 13.2. The summed E-state index contributed by atoms with van der Waals surface area (Å²) in [6.45, 7) is 7.45. The molecule has 0 unspecified atom stereocenters. The Balaban J connectivity index is 1.89. The summed E-state index contributed by atoms with van der Waals surface area (Å²) in [7, 11) is -1.93. The zero-order valence-corrected chi connectivity index (χ0v) is 21.2. The molecule has 3 rings (SSSR count). The Morgan fingerprint density at radius 1 is 0.818 bits per heavy atom. The number of Topliss-reactive ketones (excluding diaryl/α,β-unsaturated/α-hetero) is 1. The van der Waals surface area contributed by atoms with Crippen molar-refractivity contribution in [1.82, 2.24) is 0 Å². The van der Waals surface area contributed by atoms with Gasteiger partial charge in [0.1, 0.15) is 12.2 Å². The molecule has 0 N–H and O–H groups in total. The standard InChI is InChI=1S/C28H38O4Si/c1-4-33(5-2,6-3)32-26-20-14-13-19-25(29)27(30-21-23-15-9-7-10-16-23)28(26)31-22-24-17-11-8-12-18-24/h7-12,14-18,20,26-28H,4-6,13,19,21-22H2,1-3H3/b20-14-/t26-,27+,28+/m1/s1. The van der Waals surface area contributed by atoms with Gasteiger partial charge in [-0.1, -0.05) is 93.6 Å². The minimum absolute atomic E-state index is 0.0821. The number of carbonyl (C=O) groups excluding carboxylic acids is 1. The smallest absolute Gasteiger partial charge is 0.193 e. The normalized spacial score (nSPS) is 22.5. The van der Waals surface area contributed by atoms with Crippen molar-refractivity contribution in [2.45, 2.75) is 83.3 Å². The van der Waals surface area contributed by atoms with Gasteiger partial charge in [-0.15, -0.1) is 0 Å². The molecule has 4 nitrogen and oxygen atoms in total. The summed E-state index contributed by atoms with van der Waals surface area (Å²) in [6, 6.07) is 23.2. The van der Waals surface area contributed by atoms with Crippen LogP contribution in [0.15, 0.2) is 72.8 Å². The first-order chi connectivity index (χ1) is 16.1. The van der Waals surface area contributed by atoms with Gasteiger partial charge in [0.05, 0.1) is 19.3 Å². The third kappa shape index (κ3) is 7.21. The van der Waals surface area contributed by atoms with Gasteiger partial charge in [0.25, 0.3) is 0 Å². The van der Waals surface area contributed by atoms with Crippen LogP contribution in [0.25, 0.3) is 0 Å². The van der Waals surface area contributed by atoms with Crippen LogP contribution in [0.2, 0.25) is 18.1 Å². The summed E-state index contributed by atoms with van der Waals surface area (Å²) in [5, 5.41) is 0. The molecule has 2 aromatic rings. The number of ketones is 1. The van der Waals surface area contributed by atoms with Crippen LogP contribution < -0.4 is 0 Å². The molecule has 3 atom stereocenters. The maximum Gasteiger partial charge on any atom is 0.193 e. The second-order valence-electron chi connectivity index (χ2n) is 8.74. The van der Waals surface area contributed by atoms with E-state index in [0.29, 0.717) is 26.1 Å². The molecule has 2 aromatic carbocycles. The van der Waals surface area contributed by atoms with Crippen molar-refractivity contribution in [1.29, 1.82) is 0 Å². The fourth-order valence-corrected chi connectivity index (χ4v) is 7.15. The van der Waals surface area contributed by atoms with Gasteiger partial charge in [0.2, 0.25) is 0 Å². The first-order valence-corrected chi connectivity index (χ1v) is 14.8. The highest BCUT2D eigenvalue weighted by molar-refractivity contribution is 6.73. The quantitative estimate of drug-likeness (QED) is 0.281. The molecule has 0 spiro atoms. The monoisotopic (exact) mass is 466 g/mol. The van der Waals surface area contributed by atoms with Crippen molar-refractivity contribution in [2.75, 3.05) is 0 Å². The van der Waals surface area contributed by atoms with Gasteiger partial charge in [0.15, 0.2) is 14.1 Å². The van der Waals surface area contributed by atoms with Gasteiger partial charge >= 0.3 is 0 Å². The SMILES string of the molecule is CC[Si](CC)(CC)O[C@@H]1/C=C\CCC(=O)[C@H](OCc2ccccc2)[C@H]1OCc1ccccc1. The van der Waals surface area contributed by atoms with Crippen molar-refractivity contribution >= 4 is 14.1 Å². The Labute approximate surface area is 200 Å². The van der Waals surface area contributed by atoms with Crippen molar-refractivity contribution in [2.24, 2.45) is 0 Å². The van der Waals surface area contributed by atoms with Gasteiger partial charge in [-0.05, 0) is 35.7 Å². The lowest BCUT2D eigenvalue weighted by Crippen LogP contribution is -2.51. The first-order valence-electron chi connectivity index (χ1n) is 12.3. The van der Waals surface area contributed by atoms with E-state index in [9.17, 15) is 4.79 Å². The molecule has 0 bridgehead atoms. The second-order valence-corrected chi connectivity index (χ2v) is 13.5. The summed E-state index contributed by atoms with van der Waals surface area (Å²) < 4.78 is 19.6. The fraction of sp³-hybridized carbons (Fsp3) is 0.464. The molecule has 0 aliphatic heterocycles. The molecule has 0 radical (unpaired) electrons. The molecule has 1 aliphatic carbocycles. The Morgan fingerprint density at radius 2 is 1.36 bits per heavy atom. The van der Waals surface area contributed by atoms with Crippen LogP contribution in [0, 0.1) is 0 Å². The van der Waals surface area contributed by atoms with E-state index in [1.807, 2.05) is 60.7 Å². The summed E-state index contributed by atoms with van der Waals surface area (Å²) in [4.78, 5) is 13.2. The van der Waals surface area contributed by atoms with Crippen LogP contribution in [0.3, 0.4) is 0 Å². The summed E-state index contributed by atoms with van der Waals surface area (Å²) in [5.74, 6) is 0.0821. The van der Waals surface area contributed by atoms with Crippen LogP contribution in [0.4, 0.5) is 0 Å². The van der Waals surface area contributed by atoms with E-state index < -0.39 is 20.5 Å². The predicted molar refractivity (Wildman–Crippen MR) is 135 cm³/mol. The second kappa shape index (κ2) is 13.0. The van der Waals surface area contributed by atoms with Gasteiger partial charge in [0, 0.05) is 6.42 Å². The lowest BCUT2D eigenvalue weighted by atomic mass is 9.97. The van der Waals surface area contributed by atoms with Gasteiger partial charge < -0.3 is 13.9 Å². The molecule has 0 saturated carbocycles. The van der Waals surface area contributed by atoms with E-state index >= 15 is 0 Å². The van der Waals surface area contributed by atoms with E-state index in [1.165, 1.54) is 0 Å². The first kappa shape index (κ1) is 25.6. The number of carbonyl (C=O) groups is 1. The number of hydrogen-bond acceptors (Lipinski definition) is 4. The van der Waals surface area contributed by atoms with Gasteiger partial charge in [-0.3, -0.25) is 4.79 Å². The molecule has 0 heterocycles. The molecule has 1 aliphatic rings. The number of allylic oxidation sites excluding steroid dienone is 1. The molecule has 0 saturated heterocycles. The minimum Gasteiger partial charge on any atom is -0.408 e. The number of benzene rings is 2. The summed E-state index contributed by atoms with van der Waals surface area (Å²) in [5.41, 5.74) is 2.11. The zero-order chi connectivity index (χ0) is 23.5. The minimum atomic E-state index is -1.93. The predicted octanol–water partition coefficient (Wildman–Crippen LogP) is 6.47. The Bertz CT molecular complexity index is 856. The largest absolute Gasteiger partial charge is 0.408 e. The van der Waals surface area contributed by atoms with Crippen LogP contribution in [-0.4, -0.2) is 32.4 Å². The Morgan fingerprint density at radius 3 is 1.91 bits per heavy atom. The number of ether oxygens (including phenoxy) is 2. The van der Waals surface area contributed by atoms with Crippen molar-refractivity contribution in [3.63, 3.8) is 0 Å². The molecule has 5 heteroatoms. The third-order valence-electron chi connectivity index (χ3n) is 6.70. The lowest BCUT2D eigenvalue weighted by Gasteiger charge is -2.38. The van der Waals surface area contributed by atoms with Crippen molar-refractivity contribution in [3.8, 4) is 0 Å². The molecule has 0 aromatic heterocycles. The molecule has 0 fully saturated rings. The average Bonchev–Trinajstić information content (AvgIpc) is 2.86. The molecule has 178 valence electrons. The van der Waals surface area contributed by atoms with Gasteiger partial charge in [-0.25, -0.2) is 0 Å². The number of hydrogen-bond donors (Lipinski definition) is 0. The highest BCUT2D eigenvalue weighted by Crippen LogP contribution is 2.29. The van der Waals surface area contributed by atoms with E-state index in [2.05, 4.69) is 32.9 Å².